The largest absolute Gasteiger partial charge is 0.361 e. The quantitative estimate of drug-likeness (QED) is 0.664. The van der Waals surface area contributed by atoms with E-state index in [9.17, 15) is 22.5 Å². The van der Waals surface area contributed by atoms with Gasteiger partial charge in [0.2, 0.25) is 0 Å². The minimum atomic E-state index is -3.37. The normalized spacial score (nSPS) is 19.8. The lowest BCUT2D eigenvalue weighted by Crippen LogP contribution is -2.08. The number of nitrogens with one attached hydrogen (secondary N) is 1. The van der Waals surface area contributed by atoms with Gasteiger partial charge in [0.1, 0.15) is 11.6 Å². The van der Waals surface area contributed by atoms with Gasteiger partial charge in [0, 0.05) is 23.8 Å². The van der Waals surface area contributed by atoms with Gasteiger partial charge >= 0.3 is 0 Å². The molecule has 1 aliphatic rings. The van der Waals surface area contributed by atoms with Crippen LogP contribution in [0.25, 0.3) is 10.9 Å². The molecule has 150 valence electrons. The summed E-state index contributed by atoms with van der Waals surface area (Å²) in [6, 6.07) is 9.79. The SMILES string of the molecule is Cc1ccc(C(c2c[nH]c3c(CS(C)(=O)=O)cc(F)cc23)C2CC2C#N)c(F)c1. The Bertz CT molecular complexity index is 1260. The van der Waals surface area contributed by atoms with E-state index in [1.54, 1.807) is 19.2 Å². The number of H-pyrrole nitrogens is 1. The first kappa shape index (κ1) is 19.6. The second kappa shape index (κ2) is 6.96. The van der Waals surface area contributed by atoms with Crippen LogP contribution in [-0.2, 0) is 15.6 Å². The summed E-state index contributed by atoms with van der Waals surface area (Å²) in [5.41, 5.74) is 2.80. The van der Waals surface area contributed by atoms with Gasteiger partial charge in [-0.3, -0.25) is 0 Å². The summed E-state index contributed by atoms with van der Waals surface area (Å²) in [6.07, 6.45) is 3.43. The number of halogens is 2. The van der Waals surface area contributed by atoms with Crippen molar-refractivity contribution in [3.05, 3.63) is 70.4 Å². The van der Waals surface area contributed by atoms with Crippen molar-refractivity contribution < 1.29 is 17.2 Å². The van der Waals surface area contributed by atoms with Crippen LogP contribution >= 0.6 is 0 Å². The molecule has 0 saturated heterocycles. The van der Waals surface area contributed by atoms with Crippen molar-refractivity contribution in [1.29, 1.82) is 5.26 Å². The molecular weight excluding hydrogens is 394 g/mol. The zero-order valence-corrected chi connectivity index (χ0v) is 16.9. The molecule has 1 aliphatic carbocycles. The topological polar surface area (TPSA) is 73.7 Å². The molecule has 3 atom stereocenters. The highest BCUT2D eigenvalue weighted by Gasteiger charge is 2.46. The minimum absolute atomic E-state index is 0.0715. The van der Waals surface area contributed by atoms with Crippen molar-refractivity contribution in [3.63, 3.8) is 0 Å². The number of benzene rings is 2. The Hall–Kier alpha value is -2.72. The van der Waals surface area contributed by atoms with Crippen LogP contribution < -0.4 is 0 Å². The number of aryl methyl sites for hydroxylation is 1. The number of nitriles is 1. The van der Waals surface area contributed by atoms with Crippen LogP contribution in [0.1, 0.15) is 34.6 Å². The Labute approximate surface area is 168 Å². The zero-order valence-electron chi connectivity index (χ0n) is 16.0. The number of hydrogen-bond donors (Lipinski definition) is 1. The highest BCUT2D eigenvalue weighted by atomic mass is 32.2. The van der Waals surface area contributed by atoms with E-state index >= 15 is 0 Å². The van der Waals surface area contributed by atoms with Crippen molar-refractivity contribution in [3.8, 4) is 6.07 Å². The fraction of sp³-hybridized carbons (Fsp3) is 0.318. The van der Waals surface area contributed by atoms with E-state index in [2.05, 4.69) is 11.1 Å². The summed E-state index contributed by atoms with van der Waals surface area (Å²) in [6.45, 7) is 1.80. The highest BCUT2D eigenvalue weighted by Crippen LogP contribution is 2.53. The van der Waals surface area contributed by atoms with E-state index in [1.807, 2.05) is 6.07 Å². The number of fused-ring (bicyclic) bond motifs is 1. The molecule has 0 spiro atoms. The highest BCUT2D eigenvalue weighted by molar-refractivity contribution is 7.89. The molecule has 3 aromatic rings. The molecule has 1 N–H and O–H groups in total. The summed E-state index contributed by atoms with van der Waals surface area (Å²) >= 11 is 0. The summed E-state index contributed by atoms with van der Waals surface area (Å²) in [4.78, 5) is 3.07. The van der Waals surface area contributed by atoms with E-state index in [-0.39, 0.29) is 23.4 Å². The lowest BCUT2D eigenvalue weighted by Gasteiger charge is -2.18. The molecule has 0 aliphatic heterocycles. The third kappa shape index (κ3) is 3.77. The molecule has 0 amide bonds. The van der Waals surface area contributed by atoms with Gasteiger partial charge in [-0.1, -0.05) is 12.1 Å². The summed E-state index contributed by atoms with van der Waals surface area (Å²) in [5.74, 6) is -1.88. The zero-order chi connectivity index (χ0) is 20.9. The van der Waals surface area contributed by atoms with Crippen LogP contribution in [0.3, 0.4) is 0 Å². The lowest BCUT2D eigenvalue weighted by molar-refractivity contribution is 0.573. The number of nitrogens with zero attached hydrogens (tertiary/aromatic N) is 1. The minimum Gasteiger partial charge on any atom is -0.361 e. The van der Waals surface area contributed by atoms with Crippen molar-refractivity contribution in [2.45, 2.75) is 25.0 Å². The molecule has 1 aromatic heterocycles. The van der Waals surface area contributed by atoms with Crippen LogP contribution in [0.5, 0.6) is 0 Å². The van der Waals surface area contributed by atoms with Gasteiger partial charge in [-0.15, -0.1) is 0 Å². The van der Waals surface area contributed by atoms with Crippen LogP contribution in [0.15, 0.2) is 36.5 Å². The van der Waals surface area contributed by atoms with Crippen molar-refractivity contribution >= 4 is 20.7 Å². The Morgan fingerprint density at radius 1 is 1.24 bits per heavy atom. The molecule has 0 radical (unpaired) electrons. The maximum atomic E-state index is 14.8. The maximum absolute atomic E-state index is 14.8. The van der Waals surface area contributed by atoms with E-state index < -0.39 is 21.6 Å². The number of aromatic nitrogens is 1. The first-order chi connectivity index (χ1) is 13.7. The second-order valence-electron chi connectivity index (χ2n) is 7.94. The Morgan fingerprint density at radius 3 is 2.62 bits per heavy atom. The van der Waals surface area contributed by atoms with Crippen LogP contribution in [0, 0.1) is 41.7 Å². The predicted octanol–water partition coefficient (Wildman–Crippen LogP) is 4.59. The second-order valence-corrected chi connectivity index (χ2v) is 10.1. The predicted molar refractivity (Wildman–Crippen MR) is 107 cm³/mol. The van der Waals surface area contributed by atoms with E-state index in [4.69, 9.17) is 0 Å². The van der Waals surface area contributed by atoms with Gasteiger partial charge < -0.3 is 4.98 Å². The molecule has 4 rings (SSSR count). The van der Waals surface area contributed by atoms with E-state index in [1.165, 1.54) is 18.2 Å². The third-order valence-electron chi connectivity index (χ3n) is 5.55. The van der Waals surface area contributed by atoms with Gasteiger partial charge in [0.05, 0.1) is 23.3 Å². The molecule has 1 heterocycles. The number of aromatic amines is 1. The first-order valence-electron chi connectivity index (χ1n) is 9.30. The molecule has 3 unspecified atom stereocenters. The molecular formula is C22H20F2N2O2S. The van der Waals surface area contributed by atoms with Gasteiger partial charge in [-0.05, 0) is 59.7 Å². The van der Waals surface area contributed by atoms with Gasteiger partial charge in [-0.25, -0.2) is 17.2 Å². The molecule has 2 aromatic carbocycles. The Balaban J connectivity index is 1.91. The standard InChI is InChI=1S/C22H20F2N2O2S/c1-12-3-4-16(20(24)5-12)21(17-7-13(17)9-25)19-10-26-22-14(11-29(2,27)28)6-15(23)8-18(19)22/h3-6,8,10,13,17,21,26H,7,11H2,1-2H3. The Kier molecular flexibility index (Phi) is 4.70. The summed E-state index contributed by atoms with van der Waals surface area (Å²) < 4.78 is 52.7. The number of rotatable bonds is 5. The fourth-order valence-electron chi connectivity index (χ4n) is 4.19. The first-order valence-corrected chi connectivity index (χ1v) is 11.4. The molecule has 7 heteroatoms. The van der Waals surface area contributed by atoms with Crippen LogP contribution in [0.2, 0.25) is 0 Å². The smallest absolute Gasteiger partial charge is 0.151 e. The van der Waals surface area contributed by atoms with Crippen LogP contribution in [0.4, 0.5) is 8.78 Å². The fourth-order valence-corrected chi connectivity index (χ4v) is 4.98. The molecule has 1 fully saturated rings. The van der Waals surface area contributed by atoms with Gasteiger partial charge in [-0.2, -0.15) is 5.26 Å². The maximum Gasteiger partial charge on any atom is 0.151 e. The van der Waals surface area contributed by atoms with Crippen molar-refractivity contribution in [2.75, 3.05) is 6.26 Å². The van der Waals surface area contributed by atoms with Gasteiger partial charge in [0.15, 0.2) is 9.84 Å². The van der Waals surface area contributed by atoms with E-state index in [0.29, 0.717) is 34.0 Å². The summed E-state index contributed by atoms with van der Waals surface area (Å²) in [7, 11) is -3.37. The Morgan fingerprint density at radius 2 is 2.00 bits per heavy atom. The third-order valence-corrected chi connectivity index (χ3v) is 6.38. The number of sulfone groups is 1. The molecule has 29 heavy (non-hydrogen) atoms. The molecule has 4 nitrogen and oxygen atoms in total. The monoisotopic (exact) mass is 414 g/mol. The number of hydrogen-bond acceptors (Lipinski definition) is 3. The average molecular weight is 414 g/mol. The average Bonchev–Trinajstić information content (AvgIpc) is 3.27. The van der Waals surface area contributed by atoms with Crippen molar-refractivity contribution in [2.24, 2.45) is 11.8 Å². The van der Waals surface area contributed by atoms with Gasteiger partial charge in [0.25, 0.3) is 0 Å². The lowest BCUT2D eigenvalue weighted by atomic mass is 9.85. The molecule has 0 bridgehead atoms. The van der Waals surface area contributed by atoms with Crippen LogP contribution in [-0.4, -0.2) is 19.7 Å². The summed E-state index contributed by atoms with van der Waals surface area (Å²) in [5, 5.41) is 9.86. The van der Waals surface area contributed by atoms with Crippen molar-refractivity contribution in [1.82, 2.24) is 4.98 Å². The van der Waals surface area contributed by atoms with E-state index in [0.717, 1.165) is 11.8 Å². The molecule has 1 saturated carbocycles.